The van der Waals surface area contributed by atoms with Crippen LogP contribution in [0.1, 0.15) is 31.3 Å². The lowest BCUT2D eigenvalue weighted by Gasteiger charge is -2.20. The molecule has 0 spiro atoms. The van der Waals surface area contributed by atoms with Crippen LogP contribution >= 0.6 is 0 Å². The molecule has 0 saturated heterocycles. The number of imidazole rings is 1. The Morgan fingerprint density at radius 2 is 1.72 bits per heavy atom. The summed E-state index contributed by atoms with van der Waals surface area (Å²) in [4.78, 5) is 4.44. The van der Waals surface area contributed by atoms with Gasteiger partial charge in [0, 0.05) is 25.5 Å². The fourth-order valence-electron chi connectivity index (χ4n) is 2.99. The van der Waals surface area contributed by atoms with E-state index in [0.717, 1.165) is 5.56 Å². The van der Waals surface area contributed by atoms with Gasteiger partial charge in [-0.2, -0.15) is 4.72 Å². The second-order valence-corrected chi connectivity index (χ2v) is 8.05. The van der Waals surface area contributed by atoms with Crippen molar-refractivity contribution in [3.05, 3.63) is 72.3 Å². The van der Waals surface area contributed by atoms with Gasteiger partial charge in [0.25, 0.3) is 0 Å². The summed E-state index contributed by atoms with van der Waals surface area (Å²) in [6.45, 7) is 4.55. The van der Waals surface area contributed by atoms with Crippen LogP contribution in [0.15, 0.2) is 65.8 Å². The third kappa shape index (κ3) is 4.78. The zero-order chi connectivity index (χ0) is 20.9. The third-order valence-electron chi connectivity index (χ3n) is 4.35. The van der Waals surface area contributed by atoms with Crippen molar-refractivity contribution in [1.82, 2.24) is 14.3 Å². The quantitative estimate of drug-likeness (QED) is 0.580. The summed E-state index contributed by atoms with van der Waals surface area (Å²) in [6, 6.07) is 13.3. The van der Waals surface area contributed by atoms with Gasteiger partial charge in [-0.25, -0.2) is 13.4 Å². The highest BCUT2D eigenvalue weighted by atomic mass is 32.2. The molecule has 1 heterocycles. The molecule has 8 heteroatoms. The Bertz CT molecular complexity index is 1050. The molecule has 0 aliphatic heterocycles. The molecule has 0 aliphatic rings. The fraction of sp³-hybridized carbons (Fsp3) is 0.286. The number of hydrogen-bond donors (Lipinski definition) is 1. The monoisotopic (exact) mass is 415 g/mol. The van der Waals surface area contributed by atoms with E-state index >= 15 is 0 Å². The summed E-state index contributed by atoms with van der Waals surface area (Å²) in [5.74, 6) is 1.50. The molecule has 3 aromatic rings. The predicted octanol–water partition coefficient (Wildman–Crippen LogP) is 3.29. The van der Waals surface area contributed by atoms with Gasteiger partial charge in [-0.3, -0.25) is 0 Å². The number of ether oxygens (including phenoxy) is 2. The van der Waals surface area contributed by atoms with Crippen molar-refractivity contribution in [2.75, 3.05) is 13.2 Å². The number of nitrogens with one attached hydrogen (secondary N) is 1. The summed E-state index contributed by atoms with van der Waals surface area (Å²) in [5.41, 5.74) is 0.793. The van der Waals surface area contributed by atoms with E-state index in [1.807, 2.05) is 51.2 Å². The van der Waals surface area contributed by atoms with Crippen LogP contribution in [0.5, 0.6) is 11.5 Å². The minimum absolute atomic E-state index is 0.0968. The van der Waals surface area contributed by atoms with Gasteiger partial charge < -0.3 is 14.0 Å². The molecule has 1 aromatic heterocycles. The Morgan fingerprint density at radius 3 is 2.34 bits per heavy atom. The number of benzene rings is 2. The second-order valence-electron chi connectivity index (χ2n) is 6.34. The molecule has 7 nitrogen and oxygen atoms in total. The van der Waals surface area contributed by atoms with Gasteiger partial charge in [0.1, 0.15) is 11.9 Å². The SMILES string of the molecule is CCOc1ccc(S(=O)(=O)NC(c2ccccc2)c2nccn2C)cc1OCC. The van der Waals surface area contributed by atoms with E-state index in [9.17, 15) is 8.42 Å². The first-order chi connectivity index (χ1) is 14.0. The Morgan fingerprint density at radius 1 is 1.03 bits per heavy atom. The van der Waals surface area contributed by atoms with E-state index in [0.29, 0.717) is 30.5 Å². The topological polar surface area (TPSA) is 82.5 Å². The van der Waals surface area contributed by atoms with E-state index < -0.39 is 16.1 Å². The fourth-order valence-corrected chi connectivity index (χ4v) is 4.19. The summed E-state index contributed by atoms with van der Waals surface area (Å²) in [7, 11) is -2.03. The van der Waals surface area contributed by atoms with Crippen LogP contribution in [-0.2, 0) is 17.1 Å². The van der Waals surface area contributed by atoms with E-state index in [-0.39, 0.29) is 4.90 Å². The van der Waals surface area contributed by atoms with Crippen molar-refractivity contribution in [3.63, 3.8) is 0 Å². The number of aryl methyl sites for hydroxylation is 1. The average Bonchev–Trinajstić information content (AvgIpc) is 3.14. The molecule has 0 aliphatic carbocycles. The lowest BCUT2D eigenvalue weighted by Crippen LogP contribution is -2.31. The molecule has 0 bridgehead atoms. The first kappa shape index (κ1) is 20.9. The van der Waals surface area contributed by atoms with Crippen molar-refractivity contribution in [1.29, 1.82) is 0 Å². The third-order valence-corrected chi connectivity index (χ3v) is 5.77. The first-order valence-corrected chi connectivity index (χ1v) is 10.9. The molecule has 29 heavy (non-hydrogen) atoms. The van der Waals surface area contributed by atoms with Crippen molar-refractivity contribution in [2.45, 2.75) is 24.8 Å². The van der Waals surface area contributed by atoms with Crippen LogP contribution in [0.3, 0.4) is 0 Å². The standard InChI is InChI=1S/C21H25N3O4S/c1-4-27-18-12-11-17(15-19(18)28-5-2)29(25,26)23-20(16-9-7-6-8-10-16)21-22-13-14-24(21)3/h6-15,20,23H,4-5H2,1-3H3. The maximum absolute atomic E-state index is 13.2. The lowest BCUT2D eigenvalue weighted by molar-refractivity contribution is 0.287. The van der Waals surface area contributed by atoms with Gasteiger partial charge in [0.2, 0.25) is 10.0 Å². The highest BCUT2D eigenvalue weighted by Gasteiger charge is 2.26. The highest BCUT2D eigenvalue weighted by molar-refractivity contribution is 7.89. The molecule has 3 rings (SSSR count). The smallest absolute Gasteiger partial charge is 0.241 e. The zero-order valence-electron chi connectivity index (χ0n) is 16.7. The summed E-state index contributed by atoms with van der Waals surface area (Å²) >= 11 is 0. The molecule has 1 atom stereocenters. The molecule has 0 fully saturated rings. The minimum Gasteiger partial charge on any atom is -0.490 e. The lowest BCUT2D eigenvalue weighted by atomic mass is 10.1. The Labute approximate surface area is 171 Å². The molecule has 1 unspecified atom stereocenters. The predicted molar refractivity (Wildman–Crippen MR) is 111 cm³/mol. The van der Waals surface area contributed by atoms with E-state index in [4.69, 9.17) is 9.47 Å². The van der Waals surface area contributed by atoms with Gasteiger partial charge in [-0.1, -0.05) is 30.3 Å². The molecular weight excluding hydrogens is 390 g/mol. The number of hydrogen-bond acceptors (Lipinski definition) is 5. The van der Waals surface area contributed by atoms with Crippen molar-refractivity contribution < 1.29 is 17.9 Å². The number of sulfonamides is 1. The van der Waals surface area contributed by atoms with Gasteiger partial charge in [-0.15, -0.1) is 0 Å². The first-order valence-electron chi connectivity index (χ1n) is 9.40. The number of aromatic nitrogens is 2. The Hall–Kier alpha value is -2.84. The second kappa shape index (κ2) is 9.11. The molecule has 0 saturated carbocycles. The molecule has 1 N–H and O–H groups in total. The molecule has 0 radical (unpaired) electrons. The van der Waals surface area contributed by atoms with Crippen molar-refractivity contribution in [2.24, 2.45) is 7.05 Å². The maximum atomic E-state index is 13.2. The van der Waals surface area contributed by atoms with Gasteiger partial charge >= 0.3 is 0 Å². The van der Waals surface area contributed by atoms with Crippen LogP contribution in [-0.4, -0.2) is 31.2 Å². The molecule has 154 valence electrons. The largest absolute Gasteiger partial charge is 0.490 e. The Kier molecular flexibility index (Phi) is 6.56. The van der Waals surface area contributed by atoms with E-state index in [1.165, 1.54) is 12.1 Å². The number of rotatable bonds is 9. The summed E-state index contributed by atoms with van der Waals surface area (Å²) in [5, 5.41) is 0. The molecular formula is C21H25N3O4S. The van der Waals surface area contributed by atoms with Crippen LogP contribution in [0.4, 0.5) is 0 Å². The Balaban J connectivity index is 1.99. The number of nitrogens with zero attached hydrogens (tertiary/aromatic N) is 2. The van der Waals surface area contributed by atoms with Crippen LogP contribution in [0.25, 0.3) is 0 Å². The maximum Gasteiger partial charge on any atom is 0.241 e. The van der Waals surface area contributed by atoms with Crippen molar-refractivity contribution >= 4 is 10.0 Å². The summed E-state index contributed by atoms with van der Waals surface area (Å²) < 4.78 is 42.1. The van der Waals surface area contributed by atoms with Crippen molar-refractivity contribution in [3.8, 4) is 11.5 Å². The normalized spacial score (nSPS) is 12.5. The summed E-state index contributed by atoms with van der Waals surface area (Å²) in [6.07, 6.45) is 3.42. The van der Waals surface area contributed by atoms with Gasteiger partial charge in [0.15, 0.2) is 11.5 Å². The highest BCUT2D eigenvalue weighted by Crippen LogP contribution is 2.31. The average molecular weight is 416 g/mol. The van der Waals surface area contributed by atoms with Crippen LogP contribution in [0.2, 0.25) is 0 Å². The van der Waals surface area contributed by atoms with Gasteiger partial charge in [-0.05, 0) is 31.5 Å². The van der Waals surface area contributed by atoms with Crippen LogP contribution < -0.4 is 14.2 Å². The van der Waals surface area contributed by atoms with Gasteiger partial charge in [0.05, 0.1) is 18.1 Å². The van der Waals surface area contributed by atoms with E-state index in [2.05, 4.69) is 9.71 Å². The minimum atomic E-state index is -3.86. The zero-order valence-corrected chi connectivity index (χ0v) is 17.5. The molecule has 0 amide bonds. The van der Waals surface area contributed by atoms with E-state index in [1.54, 1.807) is 23.0 Å². The van der Waals surface area contributed by atoms with Crippen LogP contribution in [0, 0.1) is 0 Å². The molecule has 2 aromatic carbocycles.